The minimum absolute atomic E-state index is 0.0855. The van der Waals surface area contributed by atoms with Crippen LogP contribution in [0.4, 0.5) is 0 Å². The van der Waals surface area contributed by atoms with Crippen LogP contribution in [0.3, 0.4) is 0 Å². The summed E-state index contributed by atoms with van der Waals surface area (Å²) in [6, 6.07) is 0. The van der Waals surface area contributed by atoms with Crippen LogP contribution in [0.25, 0.3) is 0 Å². The number of allylic oxidation sites excluding steroid dienone is 1. The number of hydrogen-bond acceptors (Lipinski definition) is 2. The van der Waals surface area contributed by atoms with Crippen molar-refractivity contribution < 1.29 is 9.78 Å². The molecule has 0 N–H and O–H groups in total. The molecule has 2 nitrogen and oxygen atoms in total. The molecule has 2 saturated heterocycles. The summed E-state index contributed by atoms with van der Waals surface area (Å²) in [6.45, 7) is 9.48. The van der Waals surface area contributed by atoms with Crippen molar-refractivity contribution in [3.63, 3.8) is 0 Å². The first kappa shape index (κ1) is 11.5. The third-order valence-corrected chi connectivity index (χ3v) is 7.12. The molecule has 2 aliphatic heterocycles. The van der Waals surface area contributed by atoms with E-state index in [9.17, 15) is 0 Å². The minimum atomic E-state index is -0.0855. The minimum Gasteiger partial charge on any atom is -0.232 e. The second-order valence-corrected chi connectivity index (χ2v) is 7.56. The molecule has 4 aliphatic carbocycles. The molecule has 7 atom stereocenters. The fourth-order valence-electron chi connectivity index (χ4n) is 5.67. The summed E-state index contributed by atoms with van der Waals surface area (Å²) in [5.74, 6) is 2.78. The van der Waals surface area contributed by atoms with Gasteiger partial charge in [-0.25, -0.2) is 9.78 Å². The molecule has 0 aromatic heterocycles. The van der Waals surface area contributed by atoms with E-state index in [1.807, 2.05) is 0 Å². The summed E-state index contributed by atoms with van der Waals surface area (Å²) in [5.41, 5.74) is 1.75. The van der Waals surface area contributed by atoms with E-state index in [1.165, 1.54) is 19.3 Å². The lowest BCUT2D eigenvalue weighted by molar-refractivity contribution is -0.446. The third-order valence-electron chi connectivity index (χ3n) is 7.12. The van der Waals surface area contributed by atoms with Crippen LogP contribution in [0.15, 0.2) is 11.6 Å². The van der Waals surface area contributed by atoms with Crippen LogP contribution in [0.2, 0.25) is 0 Å². The van der Waals surface area contributed by atoms with Gasteiger partial charge in [-0.05, 0) is 50.9 Å². The molecule has 3 saturated carbocycles. The summed E-state index contributed by atoms with van der Waals surface area (Å²) < 4.78 is 0. The van der Waals surface area contributed by atoms with Crippen LogP contribution < -0.4 is 0 Å². The molecular formula is C16H24O2. The topological polar surface area (TPSA) is 18.5 Å². The van der Waals surface area contributed by atoms with Crippen molar-refractivity contribution in [1.29, 1.82) is 0 Å². The predicted octanol–water partition coefficient (Wildman–Crippen LogP) is 3.72. The molecule has 18 heavy (non-hydrogen) atoms. The highest BCUT2D eigenvalue weighted by Crippen LogP contribution is 2.67. The molecule has 100 valence electrons. The standard InChI is InChI=1S/C16H24O2/c1-9-5-6-12-11-7-10(2)15(3)8-13(14(9)11)17-18-16(12,15)4/h5,10-14H,6-8H2,1-4H3/t10-,11+,12+,13?,14-,15-,16+/m1/s1. The average Bonchev–Trinajstić information content (AvgIpc) is 2.48. The number of rotatable bonds is 0. The van der Waals surface area contributed by atoms with Gasteiger partial charge in [0.2, 0.25) is 0 Å². The van der Waals surface area contributed by atoms with Crippen LogP contribution in [-0.2, 0) is 9.78 Å². The van der Waals surface area contributed by atoms with Gasteiger partial charge in [-0.3, -0.25) is 0 Å². The summed E-state index contributed by atoms with van der Waals surface area (Å²) in [4.78, 5) is 11.9. The summed E-state index contributed by atoms with van der Waals surface area (Å²) >= 11 is 0. The predicted molar refractivity (Wildman–Crippen MR) is 69.7 cm³/mol. The van der Waals surface area contributed by atoms with Gasteiger partial charge in [0.15, 0.2) is 0 Å². The van der Waals surface area contributed by atoms with Crippen molar-refractivity contribution >= 4 is 0 Å². The van der Waals surface area contributed by atoms with Crippen LogP contribution in [0.5, 0.6) is 0 Å². The van der Waals surface area contributed by atoms with Gasteiger partial charge in [0.05, 0.1) is 0 Å². The average molecular weight is 248 g/mol. The van der Waals surface area contributed by atoms with E-state index < -0.39 is 0 Å². The van der Waals surface area contributed by atoms with Crippen LogP contribution in [0.1, 0.15) is 47.0 Å². The Hall–Kier alpha value is -0.340. The molecule has 2 heteroatoms. The Morgan fingerprint density at radius 2 is 2.11 bits per heavy atom. The van der Waals surface area contributed by atoms with Crippen molar-refractivity contribution in [2.45, 2.75) is 58.7 Å². The van der Waals surface area contributed by atoms with Gasteiger partial charge >= 0.3 is 0 Å². The van der Waals surface area contributed by atoms with Crippen LogP contribution >= 0.6 is 0 Å². The zero-order valence-corrected chi connectivity index (χ0v) is 11.9. The maximum absolute atomic E-state index is 6.03. The zero-order chi connectivity index (χ0) is 12.7. The van der Waals surface area contributed by atoms with Crippen LogP contribution in [-0.4, -0.2) is 11.7 Å². The Kier molecular flexibility index (Phi) is 2.05. The third kappa shape index (κ3) is 1.05. The normalized spacial score (nSPS) is 61.6. The highest BCUT2D eigenvalue weighted by atomic mass is 17.2. The van der Waals surface area contributed by atoms with E-state index in [0.717, 1.165) is 11.8 Å². The summed E-state index contributed by atoms with van der Waals surface area (Å²) in [5, 5.41) is 0. The molecule has 0 radical (unpaired) electrons. The lowest BCUT2D eigenvalue weighted by atomic mass is 9.51. The highest BCUT2D eigenvalue weighted by Gasteiger charge is 2.68. The molecule has 0 aromatic carbocycles. The van der Waals surface area contributed by atoms with Crippen molar-refractivity contribution in [2.24, 2.45) is 29.1 Å². The van der Waals surface area contributed by atoms with E-state index in [1.54, 1.807) is 5.57 Å². The second-order valence-electron chi connectivity index (χ2n) is 7.56. The Bertz CT molecular complexity index is 429. The zero-order valence-electron chi connectivity index (χ0n) is 11.9. The SMILES string of the molecule is CC1=CC[C@H]2[C@@H]3C[C@@H](C)[C@@]4(C)CC(OO[C@@]24C)[C@H]13. The molecule has 6 aliphatic rings. The maximum atomic E-state index is 6.03. The van der Waals surface area contributed by atoms with Crippen molar-refractivity contribution in [3.8, 4) is 0 Å². The molecule has 2 heterocycles. The first-order valence-corrected chi connectivity index (χ1v) is 7.48. The monoisotopic (exact) mass is 248 g/mol. The van der Waals surface area contributed by atoms with Crippen LogP contribution in [0, 0.1) is 29.1 Å². The fourth-order valence-corrected chi connectivity index (χ4v) is 5.67. The Balaban J connectivity index is 1.94. The molecule has 0 spiro atoms. The van der Waals surface area contributed by atoms with Gasteiger partial charge in [0.25, 0.3) is 0 Å². The maximum Gasteiger partial charge on any atom is 0.110 e. The van der Waals surface area contributed by atoms with E-state index in [4.69, 9.17) is 9.78 Å². The van der Waals surface area contributed by atoms with Crippen molar-refractivity contribution in [2.75, 3.05) is 0 Å². The first-order chi connectivity index (χ1) is 8.47. The van der Waals surface area contributed by atoms with Gasteiger partial charge < -0.3 is 0 Å². The number of hydrogen-bond donors (Lipinski definition) is 0. The lowest BCUT2D eigenvalue weighted by Crippen LogP contribution is -2.61. The molecule has 1 unspecified atom stereocenters. The first-order valence-electron chi connectivity index (χ1n) is 7.48. The van der Waals surface area contributed by atoms with Gasteiger partial charge in [-0.15, -0.1) is 0 Å². The van der Waals surface area contributed by atoms with Gasteiger partial charge in [0, 0.05) is 11.3 Å². The molecule has 5 fully saturated rings. The van der Waals surface area contributed by atoms with Gasteiger partial charge in [0.1, 0.15) is 11.7 Å². The smallest absolute Gasteiger partial charge is 0.110 e. The Morgan fingerprint density at radius 3 is 2.89 bits per heavy atom. The quantitative estimate of drug-likeness (QED) is 0.480. The molecule has 0 amide bonds. The fraction of sp³-hybridized carbons (Fsp3) is 0.875. The largest absolute Gasteiger partial charge is 0.232 e. The van der Waals surface area contributed by atoms with Gasteiger partial charge in [-0.1, -0.05) is 25.5 Å². The lowest BCUT2D eigenvalue weighted by Gasteiger charge is -2.58. The second kappa shape index (κ2) is 3.21. The Labute approximate surface area is 110 Å². The van der Waals surface area contributed by atoms with E-state index >= 15 is 0 Å². The van der Waals surface area contributed by atoms with E-state index in [-0.39, 0.29) is 11.0 Å². The number of fused-ring (bicyclic) bond motifs is 2. The van der Waals surface area contributed by atoms with Gasteiger partial charge in [-0.2, -0.15) is 0 Å². The highest BCUT2D eigenvalue weighted by molar-refractivity contribution is 5.24. The molecule has 6 bridgehead atoms. The van der Waals surface area contributed by atoms with Crippen molar-refractivity contribution in [1.82, 2.24) is 0 Å². The van der Waals surface area contributed by atoms with E-state index in [2.05, 4.69) is 33.8 Å². The van der Waals surface area contributed by atoms with E-state index in [0.29, 0.717) is 17.9 Å². The molecule has 0 aromatic rings. The summed E-state index contributed by atoms with van der Waals surface area (Å²) in [7, 11) is 0. The summed E-state index contributed by atoms with van der Waals surface area (Å²) in [6.07, 6.45) is 6.46. The molecule has 6 rings (SSSR count). The Morgan fingerprint density at radius 1 is 1.33 bits per heavy atom. The van der Waals surface area contributed by atoms with Crippen molar-refractivity contribution in [3.05, 3.63) is 11.6 Å². The molecular weight excluding hydrogens is 224 g/mol.